The second-order valence-electron chi connectivity index (χ2n) is 4.38. The zero-order chi connectivity index (χ0) is 10.7. The predicted molar refractivity (Wildman–Crippen MR) is 60.6 cm³/mol. The number of aryl methyl sites for hydroxylation is 1. The standard InChI is InChI=1S/C11H18N4/c1-9-13-7-2-10(15-9)14-8-11(3-4-11)5-6-12/h2,7H,3-6,8,12H2,1H3,(H,13,14,15). The predicted octanol–water partition coefficient (Wildman–Crippen LogP) is 1.33. The molecule has 4 nitrogen and oxygen atoms in total. The minimum atomic E-state index is 0.452. The summed E-state index contributed by atoms with van der Waals surface area (Å²) in [4.78, 5) is 8.38. The molecule has 1 aromatic heterocycles. The van der Waals surface area contributed by atoms with Crippen LogP contribution < -0.4 is 11.1 Å². The topological polar surface area (TPSA) is 63.8 Å². The normalized spacial score (nSPS) is 17.5. The lowest BCUT2D eigenvalue weighted by molar-refractivity contribution is 0.500. The first-order valence-electron chi connectivity index (χ1n) is 5.48. The fraction of sp³-hybridized carbons (Fsp3) is 0.636. The maximum Gasteiger partial charge on any atom is 0.129 e. The monoisotopic (exact) mass is 206 g/mol. The van der Waals surface area contributed by atoms with Gasteiger partial charge in [0.1, 0.15) is 11.6 Å². The molecule has 1 saturated carbocycles. The molecule has 1 aliphatic carbocycles. The smallest absolute Gasteiger partial charge is 0.129 e. The summed E-state index contributed by atoms with van der Waals surface area (Å²) < 4.78 is 0. The van der Waals surface area contributed by atoms with Gasteiger partial charge in [-0.05, 0) is 44.2 Å². The summed E-state index contributed by atoms with van der Waals surface area (Å²) in [6.45, 7) is 3.67. The highest BCUT2D eigenvalue weighted by atomic mass is 15.0. The highest BCUT2D eigenvalue weighted by Gasteiger charge is 2.41. The van der Waals surface area contributed by atoms with E-state index in [1.807, 2.05) is 13.0 Å². The number of nitrogens with two attached hydrogens (primary N) is 1. The molecule has 0 amide bonds. The minimum Gasteiger partial charge on any atom is -0.369 e. The highest BCUT2D eigenvalue weighted by Crippen LogP contribution is 2.48. The van der Waals surface area contributed by atoms with E-state index < -0.39 is 0 Å². The van der Waals surface area contributed by atoms with E-state index in [4.69, 9.17) is 5.73 Å². The molecule has 0 aliphatic heterocycles. The maximum atomic E-state index is 5.59. The number of aromatic nitrogens is 2. The summed E-state index contributed by atoms with van der Waals surface area (Å²) in [5.41, 5.74) is 6.05. The number of nitrogens with one attached hydrogen (secondary N) is 1. The lowest BCUT2D eigenvalue weighted by Crippen LogP contribution is -2.19. The number of anilines is 1. The van der Waals surface area contributed by atoms with Crippen LogP contribution in [0.4, 0.5) is 5.82 Å². The van der Waals surface area contributed by atoms with Crippen LogP contribution in [-0.4, -0.2) is 23.1 Å². The summed E-state index contributed by atoms with van der Waals surface area (Å²) >= 11 is 0. The maximum absolute atomic E-state index is 5.59. The van der Waals surface area contributed by atoms with Crippen molar-refractivity contribution in [1.29, 1.82) is 0 Å². The van der Waals surface area contributed by atoms with Crippen molar-refractivity contribution < 1.29 is 0 Å². The Labute approximate surface area is 90.3 Å². The van der Waals surface area contributed by atoms with Crippen LogP contribution in [0.5, 0.6) is 0 Å². The molecule has 1 aromatic rings. The van der Waals surface area contributed by atoms with E-state index >= 15 is 0 Å². The zero-order valence-corrected chi connectivity index (χ0v) is 9.16. The van der Waals surface area contributed by atoms with E-state index in [9.17, 15) is 0 Å². The van der Waals surface area contributed by atoms with Crippen LogP contribution in [-0.2, 0) is 0 Å². The van der Waals surface area contributed by atoms with Gasteiger partial charge in [-0.3, -0.25) is 0 Å². The van der Waals surface area contributed by atoms with Crippen LogP contribution in [0.3, 0.4) is 0 Å². The van der Waals surface area contributed by atoms with Crippen molar-refractivity contribution in [3.63, 3.8) is 0 Å². The van der Waals surface area contributed by atoms with Gasteiger partial charge in [-0.15, -0.1) is 0 Å². The first-order chi connectivity index (χ1) is 7.24. The van der Waals surface area contributed by atoms with Gasteiger partial charge in [0.05, 0.1) is 0 Å². The molecular weight excluding hydrogens is 188 g/mol. The quantitative estimate of drug-likeness (QED) is 0.762. The first kappa shape index (κ1) is 10.4. The van der Waals surface area contributed by atoms with Gasteiger partial charge in [0.25, 0.3) is 0 Å². The van der Waals surface area contributed by atoms with Gasteiger partial charge in [0, 0.05) is 12.7 Å². The summed E-state index contributed by atoms with van der Waals surface area (Å²) in [5.74, 6) is 1.73. The van der Waals surface area contributed by atoms with Gasteiger partial charge in [-0.1, -0.05) is 0 Å². The minimum absolute atomic E-state index is 0.452. The van der Waals surface area contributed by atoms with Gasteiger partial charge < -0.3 is 11.1 Å². The Morgan fingerprint density at radius 1 is 1.53 bits per heavy atom. The number of hydrogen-bond acceptors (Lipinski definition) is 4. The van der Waals surface area contributed by atoms with Crippen molar-refractivity contribution in [3.8, 4) is 0 Å². The van der Waals surface area contributed by atoms with Gasteiger partial charge in [-0.2, -0.15) is 0 Å². The average Bonchev–Trinajstić information content (AvgIpc) is 2.97. The molecule has 4 heteroatoms. The third-order valence-corrected chi connectivity index (χ3v) is 3.05. The van der Waals surface area contributed by atoms with Gasteiger partial charge >= 0.3 is 0 Å². The Morgan fingerprint density at radius 3 is 2.93 bits per heavy atom. The first-order valence-corrected chi connectivity index (χ1v) is 5.48. The van der Waals surface area contributed by atoms with Crippen molar-refractivity contribution in [1.82, 2.24) is 9.97 Å². The molecule has 2 rings (SSSR count). The van der Waals surface area contributed by atoms with Crippen molar-refractivity contribution in [2.45, 2.75) is 26.2 Å². The van der Waals surface area contributed by atoms with Crippen molar-refractivity contribution in [3.05, 3.63) is 18.1 Å². The molecule has 0 unspecified atom stereocenters. The summed E-state index contributed by atoms with van der Waals surface area (Å²) in [6.07, 6.45) is 5.49. The van der Waals surface area contributed by atoms with E-state index in [1.54, 1.807) is 6.20 Å². The van der Waals surface area contributed by atoms with Crippen molar-refractivity contribution in [2.24, 2.45) is 11.1 Å². The molecule has 1 heterocycles. The molecule has 0 aromatic carbocycles. The van der Waals surface area contributed by atoms with E-state index in [-0.39, 0.29) is 0 Å². The third-order valence-electron chi connectivity index (χ3n) is 3.05. The Kier molecular flexibility index (Phi) is 2.86. The second kappa shape index (κ2) is 4.14. The average molecular weight is 206 g/mol. The van der Waals surface area contributed by atoms with E-state index in [0.29, 0.717) is 5.41 Å². The molecule has 1 fully saturated rings. The molecule has 3 N–H and O–H groups in total. The van der Waals surface area contributed by atoms with Crippen molar-refractivity contribution in [2.75, 3.05) is 18.4 Å². The fourth-order valence-electron chi connectivity index (χ4n) is 1.83. The SMILES string of the molecule is Cc1nccc(NCC2(CCN)CC2)n1. The Morgan fingerprint density at radius 2 is 2.33 bits per heavy atom. The molecule has 1 aliphatic rings. The Bertz CT molecular complexity index is 333. The summed E-state index contributed by atoms with van der Waals surface area (Å²) in [6, 6.07) is 1.91. The summed E-state index contributed by atoms with van der Waals surface area (Å²) in [7, 11) is 0. The molecule has 82 valence electrons. The van der Waals surface area contributed by atoms with E-state index in [2.05, 4.69) is 15.3 Å². The molecule has 0 radical (unpaired) electrons. The van der Waals surface area contributed by atoms with Crippen LogP contribution in [0.15, 0.2) is 12.3 Å². The van der Waals surface area contributed by atoms with Crippen LogP contribution in [0.25, 0.3) is 0 Å². The molecule has 0 bridgehead atoms. The van der Waals surface area contributed by atoms with Crippen molar-refractivity contribution >= 4 is 5.82 Å². The molecule has 0 spiro atoms. The molecule has 15 heavy (non-hydrogen) atoms. The number of hydrogen-bond donors (Lipinski definition) is 2. The third kappa shape index (κ3) is 2.65. The van der Waals surface area contributed by atoms with Crippen LogP contribution in [0.2, 0.25) is 0 Å². The molecule has 0 atom stereocenters. The lowest BCUT2D eigenvalue weighted by Gasteiger charge is -2.15. The second-order valence-corrected chi connectivity index (χ2v) is 4.38. The fourth-order valence-corrected chi connectivity index (χ4v) is 1.83. The van der Waals surface area contributed by atoms with Crippen LogP contribution in [0.1, 0.15) is 25.1 Å². The lowest BCUT2D eigenvalue weighted by atomic mass is 10.0. The zero-order valence-electron chi connectivity index (χ0n) is 9.16. The van der Waals surface area contributed by atoms with Crippen LogP contribution in [0, 0.1) is 12.3 Å². The molecule has 0 saturated heterocycles. The number of nitrogens with zero attached hydrogens (tertiary/aromatic N) is 2. The van der Waals surface area contributed by atoms with E-state index in [1.165, 1.54) is 12.8 Å². The van der Waals surface area contributed by atoms with Gasteiger partial charge in [0.2, 0.25) is 0 Å². The Hall–Kier alpha value is -1.16. The highest BCUT2D eigenvalue weighted by molar-refractivity contribution is 5.33. The van der Waals surface area contributed by atoms with E-state index in [0.717, 1.165) is 31.2 Å². The largest absolute Gasteiger partial charge is 0.369 e. The van der Waals surface area contributed by atoms with Gasteiger partial charge in [0.15, 0.2) is 0 Å². The van der Waals surface area contributed by atoms with Gasteiger partial charge in [-0.25, -0.2) is 9.97 Å². The van der Waals surface area contributed by atoms with Crippen LogP contribution >= 0.6 is 0 Å². The summed E-state index contributed by atoms with van der Waals surface area (Å²) in [5, 5.41) is 3.37. The molecular formula is C11H18N4. The number of rotatable bonds is 5. The Balaban J connectivity index is 1.88.